The minimum atomic E-state index is -0.381. The fourth-order valence-corrected chi connectivity index (χ4v) is 1.67. The molecule has 1 aliphatic heterocycles. The molecule has 4 heteroatoms. The molecule has 1 aliphatic rings. The van der Waals surface area contributed by atoms with Crippen LogP contribution in [-0.2, 0) is 4.74 Å². The number of hydrogen-bond donors (Lipinski definition) is 1. The van der Waals surface area contributed by atoms with E-state index in [1.54, 1.807) is 6.08 Å². The van der Waals surface area contributed by atoms with E-state index in [0.29, 0.717) is 19.8 Å². The summed E-state index contributed by atoms with van der Waals surface area (Å²) in [5.74, 6) is 0. The van der Waals surface area contributed by atoms with Crippen LogP contribution in [0, 0.1) is 0 Å². The molecule has 1 saturated heterocycles. The van der Waals surface area contributed by atoms with Crippen LogP contribution >= 0.6 is 0 Å². The summed E-state index contributed by atoms with van der Waals surface area (Å²) in [6.07, 6.45) is 1.32. The number of piperazine rings is 1. The smallest absolute Gasteiger partial charge is 0.0900 e. The van der Waals surface area contributed by atoms with E-state index >= 15 is 0 Å². The number of ether oxygens (including phenoxy) is 1. The van der Waals surface area contributed by atoms with E-state index in [1.165, 1.54) is 0 Å². The highest BCUT2D eigenvalue weighted by Crippen LogP contribution is 2.00. The van der Waals surface area contributed by atoms with Crippen LogP contribution in [0.2, 0.25) is 0 Å². The van der Waals surface area contributed by atoms with Gasteiger partial charge in [0, 0.05) is 32.7 Å². The van der Waals surface area contributed by atoms with E-state index in [9.17, 15) is 5.11 Å². The summed E-state index contributed by atoms with van der Waals surface area (Å²) in [5, 5.41) is 9.68. The van der Waals surface area contributed by atoms with E-state index in [1.807, 2.05) is 0 Å². The van der Waals surface area contributed by atoms with E-state index < -0.39 is 0 Å². The number of aliphatic hydroxyl groups is 1. The topological polar surface area (TPSA) is 35.9 Å². The molecule has 0 amide bonds. The summed E-state index contributed by atoms with van der Waals surface area (Å²) in [5.41, 5.74) is 0. The molecule has 0 saturated carbocycles. The third kappa shape index (κ3) is 5.28. The first-order chi connectivity index (χ1) is 7.22. The lowest BCUT2D eigenvalue weighted by Gasteiger charge is -2.33. The molecular formula is C11H22N2O2. The van der Waals surface area contributed by atoms with Gasteiger partial charge in [0.2, 0.25) is 0 Å². The number of hydrogen-bond acceptors (Lipinski definition) is 4. The monoisotopic (exact) mass is 214 g/mol. The fraction of sp³-hybridized carbons (Fsp3) is 0.818. The number of likely N-dealkylation sites (N-methyl/N-ethyl adjacent to an activating group) is 1. The lowest BCUT2D eigenvalue weighted by atomic mass is 10.3. The van der Waals surface area contributed by atoms with E-state index in [0.717, 1.165) is 26.2 Å². The third-order valence-electron chi connectivity index (χ3n) is 2.61. The van der Waals surface area contributed by atoms with Gasteiger partial charge in [-0.25, -0.2) is 0 Å². The maximum Gasteiger partial charge on any atom is 0.0900 e. The van der Waals surface area contributed by atoms with Crippen LogP contribution in [-0.4, -0.2) is 74.0 Å². The van der Waals surface area contributed by atoms with Crippen molar-refractivity contribution in [3.8, 4) is 0 Å². The molecular weight excluding hydrogens is 192 g/mol. The van der Waals surface area contributed by atoms with Crippen molar-refractivity contribution in [3.05, 3.63) is 12.7 Å². The van der Waals surface area contributed by atoms with Crippen LogP contribution < -0.4 is 0 Å². The van der Waals surface area contributed by atoms with Gasteiger partial charge in [-0.05, 0) is 7.05 Å². The van der Waals surface area contributed by atoms with Crippen molar-refractivity contribution in [2.24, 2.45) is 0 Å². The molecule has 15 heavy (non-hydrogen) atoms. The van der Waals surface area contributed by atoms with E-state index in [-0.39, 0.29) is 6.10 Å². The summed E-state index contributed by atoms with van der Waals surface area (Å²) < 4.78 is 5.20. The first-order valence-corrected chi connectivity index (χ1v) is 5.50. The van der Waals surface area contributed by atoms with Gasteiger partial charge in [0.05, 0.1) is 19.3 Å². The van der Waals surface area contributed by atoms with Gasteiger partial charge in [-0.2, -0.15) is 0 Å². The van der Waals surface area contributed by atoms with Gasteiger partial charge in [-0.3, -0.25) is 4.90 Å². The zero-order valence-corrected chi connectivity index (χ0v) is 9.56. The Morgan fingerprint density at radius 1 is 1.40 bits per heavy atom. The van der Waals surface area contributed by atoms with Gasteiger partial charge in [0.1, 0.15) is 0 Å². The Kier molecular flexibility index (Phi) is 5.86. The first-order valence-electron chi connectivity index (χ1n) is 5.50. The van der Waals surface area contributed by atoms with Crippen molar-refractivity contribution in [2.45, 2.75) is 6.10 Å². The Morgan fingerprint density at radius 3 is 2.67 bits per heavy atom. The normalized spacial score (nSPS) is 21.5. The highest BCUT2D eigenvalue weighted by atomic mass is 16.5. The largest absolute Gasteiger partial charge is 0.389 e. The second-order valence-corrected chi connectivity index (χ2v) is 4.08. The highest BCUT2D eigenvalue weighted by Gasteiger charge is 2.16. The Labute approximate surface area is 92.1 Å². The Morgan fingerprint density at radius 2 is 2.07 bits per heavy atom. The van der Waals surface area contributed by atoms with Crippen LogP contribution in [0.4, 0.5) is 0 Å². The predicted molar refractivity (Wildman–Crippen MR) is 61.0 cm³/mol. The second kappa shape index (κ2) is 6.95. The summed E-state index contributed by atoms with van der Waals surface area (Å²) in [7, 11) is 2.13. The van der Waals surface area contributed by atoms with Crippen LogP contribution in [0.1, 0.15) is 0 Å². The van der Waals surface area contributed by atoms with Crippen molar-refractivity contribution < 1.29 is 9.84 Å². The minimum Gasteiger partial charge on any atom is -0.389 e. The molecule has 0 radical (unpaired) electrons. The Balaban J connectivity index is 2.09. The molecule has 0 aliphatic carbocycles. The molecule has 0 spiro atoms. The van der Waals surface area contributed by atoms with E-state index in [4.69, 9.17) is 4.74 Å². The fourth-order valence-electron chi connectivity index (χ4n) is 1.67. The minimum absolute atomic E-state index is 0.381. The number of β-amino-alcohol motifs (C(OH)–C–C–N with tert-alkyl or cyclic N) is 1. The van der Waals surface area contributed by atoms with Crippen LogP contribution in [0.15, 0.2) is 12.7 Å². The lowest BCUT2D eigenvalue weighted by molar-refractivity contribution is 0.0171. The summed E-state index contributed by atoms with van der Waals surface area (Å²) in [6, 6.07) is 0. The van der Waals surface area contributed by atoms with E-state index in [2.05, 4.69) is 23.4 Å². The SMILES string of the molecule is C=CCOC[C@H](O)CN1CCN(C)CC1. The molecule has 0 unspecified atom stereocenters. The van der Waals surface area contributed by atoms with Gasteiger partial charge in [-0.1, -0.05) is 6.08 Å². The molecule has 0 aromatic heterocycles. The predicted octanol–water partition coefficient (Wildman–Crippen LogP) is -0.203. The van der Waals surface area contributed by atoms with Gasteiger partial charge < -0.3 is 14.7 Å². The zero-order chi connectivity index (χ0) is 11.1. The summed E-state index contributed by atoms with van der Waals surface area (Å²) >= 11 is 0. The lowest BCUT2D eigenvalue weighted by Crippen LogP contribution is -2.47. The first kappa shape index (κ1) is 12.6. The molecule has 1 atom stereocenters. The Hall–Kier alpha value is -0.420. The van der Waals surface area contributed by atoms with Crippen LogP contribution in [0.3, 0.4) is 0 Å². The van der Waals surface area contributed by atoms with Gasteiger partial charge >= 0.3 is 0 Å². The van der Waals surface area contributed by atoms with Gasteiger partial charge in [0.15, 0.2) is 0 Å². The van der Waals surface area contributed by atoms with Crippen LogP contribution in [0.5, 0.6) is 0 Å². The van der Waals surface area contributed by atoms with Crippen molar-refractivity contribution in [1.82, 2.24) is 9.80 Å². The highest BCUT2D eigenvalue weighted by molar-refractivity contribution is 4.72. The third-order valence-corrected chi connectivity index (χ3v) is 2.61. The molecule has 88 valence electrons. The number of aliphatic hydroxyl groups excluding tert-OH is 1. The average Bonchev–Trinajstić information content (AvgIpc) is 2.22. The molecule has 4 nitrogen and oxygen atoms in total. The molecule has 1 heterocycles. The average molecular weight is 214 g/mol. The van der Waals surface area contributed by atoms with Crippen molar-refractivity contribution in [2.75, 3.05) is 53.0 Å². The maximum absolute atomic E-state index is 9.68. The zero-order valence-electron chi connectivity index (χ0n) is 9.56. The quantitative estimate of drug-likeness (QED) is 0.490. The van der Waals surface area contributed by atoms with Gasteiger partial charge in [-0.15, -0.1) is 6.58 Å². The number of rotatable bonds is 6. The van der Waals surface area contributed by atoms with Crippen molar-refractivity contribution in [1.29, 1.82) is 0 Å². The summed E-state index contributed by atoms with van der Waals surface area (Å²) in [4.78, 5) is 4.58. The van der Waals surface area contributed by atoms with Crippen LogP contribution in [0.25, 0.3) is 0 Å². The molecule has 0 bridgehead atoms. The Bertz CT molecular complexity index is 179. The standard InChI is InChI=1S/C11H22N2O2/c1-3-8-15-10-11(14)9-13-6-4-12(2)5-7-13/h3,11,14H,1,4-10H2,2H3/t11-/m1/s1. The molecule has 1 N–H and O–H groups in total. The van der Waals surface area contributed by atoms with Crippen molar-refractivity contribution in [3.63, 3.8) is 0 Å². The maximum atomic E-state index is 9.68. The molecule has 0 aromatic rings. The molecule has 0 aromatic carbocycles. The second-order valence-electron chi connectivity index (χ2n) is 4.08. The van der Waals surface area contributed by atoms with Gasteiger partial charge in [0.25, 0.3) is 0 Å². The van der Waals surface area contributed by atoms with Crippen molar-refractivity contribution >= 4 is 0 Å². The molecule has 1 fully saturated rings. The molecule has 1 rings (SSSR count). The number of nitrogens with zero attached hydrogens (tertiary/aromatic N) is 2. The summed E-state index contributed by atoms with van der Waals surface area (Å²) in [6.45, 7) is 9.43.